The van der Waals surface area contributed by atoms with E-state index in [-0.39, 0.29) is 18.4 Å². The maximum Gasteiger partial charge on any atom is 0.246 e. The van der Waals surface area contributed by atoms with Crippen molar-refractivity contribution >= 4 is 45.9 Å². The number of fused-ring (bicyclic) bond motifs is 1. The third-order valence-corrected chi connectivity index (χ3v) is 6.37. The van der Waals surface area contributed by atoms with Crippen LogP contribution in [0.3, 0.4) is 0 Å². The summed E-state index contributed by atoms with van der Waals surface area (Å²) in [5.41, 5.74) is 0.905. The van der Waals surface area contributed by atoms with Crippen LogP contribution in [0.5, 0.6) is 0 Å². The lowest BCUT2D eigenvalue weighted by Crippen LogP contribution is -2.64. The number of carbonyl (C=O) groups is 2. The molecule has 2 amide bonds. The highest BCUT2D eigenvalue weighted by atomic mass is 35.5. The van der Waals surface area contributed by atoms with Gasteiger partial charge in [-0.05, 0) is 24.3 Å². The number of aromatic nitrogens is 1. The summed E-state index contributed by atoms with van der Waals surface area (Å²) in [5.74, 6) is 0.0886. The Morgan fingerprint density at radius 1 is 1.07 bits per heavy atom. The quantitative estimate of drug-likeness (QED) is 0.713. The van der Waals surface area contributed by atoms with Crippen molar-refractivity contribution in [1.29, 1.82) is 0 Å². The fourth-order valence-corrected chi connectivity index (χ4v) is 4.23. The normalized spacial score (nSPS) is 18.4. The van der Waals surface area contributed by atoms with Crippen molar-refractivity contribution in [2.24, 2.45) is 0 Å². The number of likely N-dealkylation sites (tertiary alicyclic amines) is 1. The molecule has 0 unspecified atom stereocenters. The highest BCUT2D eigenvalue weighted by Gasteiger charge is 2.35. The first kappa shape index (κ1) is 19.3. The molecular weight excluding hydrogens is 399 g/mol. The number of halogens is 2. The lowest BCUT2D eigenvalue weighted by molar-refractivity contribution is -0.136. The first-order valence-corrected chi connectivity index (χ1v) is 10.1. The lowest BCUT2D eigenvalue weighted by Gasteiger charge is -2.47. The number of hydrogen-bond acceptors (Lipinski definition) is 3. The summed E-state index contributed by atoms with van der Waals surface area (Å²) in [7, 11) is 0. The molecule has 0 bridgehead atoms. The number of piperazine rings is 1. The maximum atomic E-state index is 12.8. The average molecular weight is 421 g/mol. The van der Waals surface area contributed by atoms with Gasteiger partial charge in [0, 0.05) is 56.9 Å². The van der Waals surface area contributed by atoms with Gasteiger partial charge in [0.1, 0.15) is 6.54 Å². The zero-order valence-electron chi connectivity index (χ0n) is 15.5. The van der Waals surface area contributed by atoms with Gasteiger partial charge in [0.05, 0.1) is 15.6 Å². The number of carbonyl (C=O) groups excluding carboxylic acids is 2. The number of nitrogens with zero attached hydrogens (tertiary/aromatic N) is 4. The van der Waals surface area contributed by atoms with Crippen LogP contribution in [0.1, 0.15) is 0 Å². The Balaban J connectivity index is 1.32. The van der Waals surface area contributed by atoms with E-state index < -0.39 is 0 Å². The van der Waals surface area contributed by atoms with E-state index in [2.05, 4.69) is 11.5 Å². The maximum absolute atomic E-state index is 12.8. The molecular formula is C20H22Cl2N4O2. The van der Waals surface area contributed by atoms with Crippen LogP contribution in [-0.4, -0.2) is 76.4 Å². The standard InChI is InChI=1S/C20H22Cl2N4O2/c1-2-19(27)26-11-15(12-26)23-5-7-24(8-6-23)20(28)13-25-4-3-14-9-16(21)17(22)10-18(14)25/h2-4,9-10,15H,1,5-8,11-13H2. The van der Waals surface area contributed by atoms with Crippen LogP contribution in [0.4, 0.5) is 0 Å². The minimum absolute atomic E-state index is 0.00889. The van der Waals surface area contributed by atoms with Gasteiger partial charge in [-0.1, -0.05) is 29.8 Å². The van der Waals surface area contributed by atoms with Crippen LogP contribution in [0.25, 0.3) is 10.9 Å². The van der Waals surface area contributed by atoms with Crippen molar-refractivity contribution < 1.29 is 9.59 Å². The van der Waals surface area contributed by atoms with E-state index in [4.69, 9.17) is 23.2 Å². The predicted molar refractivity (Wildman–Crippen MR) is 111 cm³/mol. The van der Waals surface area contributed by atoms with Gasteiger partial charge in [-0.25, -0.2) is 0 Å². The molecule has 6 nitrogen and oxygen atoms in total. The minimum atomic E-state index is -0.00889. The topological polar surface area (TPSA) is 48.8 Å². The molecule has 2 aliphatic rings. The van der Waals surface area contributed by atoms with Crippen LogP contribution < -0.4 is 0 Å². The zero-order chi connectivity index (χ0) is 19.8. The molecule has 2 aromatic rings. The van der Waals surface area contributed by atoms with E-state index in [1.165, 1.54) is 6.08 Å². The molecule has 2 fully saturated rings. The Hall–Kier alpha value is -2.02. The summed E-state index contributed by atoms with van der Waals surface area (Å²) in [5, 5.41) is 1.97. The highest BCUT2D eigenvalue weighted by Crippen LogP contribution is 2.28. The number of rotatable bonds is 4. The summed E-state index contributed by atoms with van der Waals surface area (Å²) >= 11 is 12.2. The van der Waals surface area contributed by atoms with E-state index in [0.717, 1.165) is 37.1 Å². The molecule has 2 saturated heterocycles. The van der Waals surface area contributed by atoms with Gasteiger partial charge >= 0.3 is 0 Å². The van der Waals surface area contributed by atoms with Crippen LogP contribution in [0, 0.1) is 0 Å². The number of benzene rings is 1. The van der Waals surface area contributed by atoms with Crippen molar-refractivity contribution in [3.8, 4) is 0 Å². The summed E-state index contributed by atoms with van der Waals surface area (Å²) in [6.45, 7) is 8.38. The van der Waals surface area contributed by atoms with Gasteiger partial charge in [0.25, 0.3) is 0 Å². The lowest BCUT2D eigenvalue weighted by atomic mass is 10.1. The van der Waals surface area contributed by atoms with Gasteiger partial charge < -0.3 is 14.4 Å². The van der Waals surface area contributed by atoms with Crippen molar-refractivity contribution in [1.82, 2.24) is 19.3 Å². The minimum Gasteiger partial charge on any atom is -0.339 e. The molecule has 0 saturated carbocycles. The molecule has 1 aromatic heterocycles. The molecule has 0 aliphatic carbocycles. The second kappa shape index (κ2) is 7.78. The van der Waals surface area contributed by atoms with Gasteiger partial charge in [-0.3, -0.25) is 14.5 Å². The van der Waals surface area contributed by atoms with Gasteiger partial charge in [-0.15, -0.1) is 0 Å². The Kier molecular flexibility index (Phi) is 5.36. The summed E-state index contributed by atoms with van der Waals surface area (Å²) in [6.07, 6.45) is 3.25. The average Bonchev–Trinajstić information content (AvgIpc) is 3.02. The molecule has 0 atom stereocenters. The molecule has 1 aromatic carbocycles. The molecule has 0 N–H and O–H groups in total. The second-order valence-electron chi connectivity index (χ2n) is 7.29. The monoisotopic (exact) mass is 420 g/mol. The van der Waals surface area contributed by atoms with Crippen molar-refractivity contribution in [3.63, 3.8) is 0 Å². The highest BCUT2D eigenvalue weighted by molar-refractivity contribution is 6.42. The van der Waals surface area contributed by atoms with Crippen LogP contribution >= 0.6 is 23.2 Å². The second-order valence-corrected chi connectivity index (χ2v) is 8.10. The van der Waals surface area contributed by atoms with Crippen LogP contribution in [0.2, 0.25) is 10.0 Å². The fourth-order valence-electron chi connectivity index (χ4n) is 3.90. The molecule has 148 valence electrons. The Morgan fingerprint density at radius 2 is 1.75 bits per heavy atom. The van der Waals surface area contributed by atoms with Gasteiger partial charge in [-0.2, -0.15) is 0 Å². The first-order chi connectivity index (χ1) is 13.5. The molecule has 28 heavy (non-hydrogen) atoms. The largest absolute Gasteiger partial charge is 0.339 e. The molecule has 0 radical (unpaired) electrons. The smallest absolute Gasteiger partial charge is 0.246 e. The number of hydrogen-bond donors (Lipinski definition) is 0. The third kappa shape index (κ3) is 3.64. The van der Waals surface area contributed by atoms with E-state index >= 15 is 0 Å². The molecule has 3 heterocycles. The van der Waals surface area contributed by atoms with Gasteiger partial charge in [0.2, 0.25) is 11.8 Å². The molecule has 8 heteroatoms. The van der Waals surface area contributed by atoms with E-state index in [1.807, 2.05) is 27.8 Å². The Morgan fingerprint density at radius 3 is 2.43 bits per heavy atom. The molecule has 2 aliphatic heterocycles. The summed E-state index contributed by atoms with van der Waals surface area (Å²) < 4.78 is 1.91. The fraction of sp³-hybridized carbons (Fsp3) is 0.400. The van der Waals surface area contributed by atoms with Crippen LogP contribution in [-0.2, 0) is 16.1 Å². The SMILES string of the molecule is C=CC(=O)N1CC(N2CCN(C(=O)Cn3ccc4cc(Cl)c(Cl)cc43)CC2)C1. The summed E-state index contributed by atoms with van der Waals surface area (Å²) in [4.78, 5) is 30.4. The van der Waals surface area contributed by atoms with Gasteiger partial charge in [0.15, 0.2) is 0 Å². The van der Waals surface area contributed by atoms with Crippen molar-refractivity contribution in [2.75, 3.05) is 39.3 Å². The van der Waals surface area contributed by atoms with Crippen molar-refractivity contribution in [3.05, 3.63) is 47.1 Å². The van der Waals surface area contributed by atoms with Crippen LogP contribution in [0.15, 0.2) is 37.1 Å². The predicted octanol–water partition coefficient (Wildman–Crippen LogP) is 2.49. The molecule has 0 spiro atoms. The van der Waals surface area contributed by atoms with E-state index in [0.29, 0.717) is 29.2 Å². The van der Waals surface area contributed by atoms with E-state index in [9.17, 15) is 9.59 Å². The van der Waals surface area contributed by atoms with Crippen molar-refractivity contribution in [2.45, 2.75) is 12.6 Å². The third-order valence-electron chi connectivity index (χ3n) is 5.65. The molecule has 4 rings (SSSR count). The Bertz CT molecular complexity index is 928. The summed E-state index contributed by atoms with van der Waals surface area (Å²) in [6, 6.07) is 5.95. The Labute approximate surface area is 173 Å². The zero-order valence-corrected chi connectivity index (χ0v) is 17.0. The first-order valence-electron chi connectivity index (χ1n) is 9.33. The number of amides is 2. The van der Waals surface area contributed by atoms with E-state index in [1.54, 1.807) is 11.0 Å².